The van der Waals surface area contributed by atoms with E-state index >= 15 is 0 Å². The van der Waals surface area contributed by atoms with Crippen molar-refractivity contribution in [1.29, 1.82) is 0 Å². The summed E-state index contributed by atoms with van der Waals surface area (Å²) >= 11 is 0. The van der Waals surface area contributed by atoms with Gasteiger partial charge < -0.3 is 15.1 Å². The fourth-order valence-electron chi connectivity index (χ4n) is 3.69. The van der Waals surface area contributed by atoms with Gasteiger partial charge in [-0.3, -0.25) is 4.90 Å². The van der Waals surface area contributed by atoms with Gasteiger partial charge in [-0.25, -0.2) is 0 Å². The van der Waals surface area contributed by atoms with E-state index in [1.165, 1.54) is 25.9 Å². The summed E-state index contributed by atoms with van der Waals surface area (Å²) in [5.74, 6) is 4.38. The molecule has 0 radical (unpaired) electrons. The van der Waals surface area contributed by atoms with Crippen LogP contribution in [-0.4, -0.2) is 50.1 Å². The second kappa shape index (κ2) is 6.11. The van der Waals surface area contributed by atoms with E-state index in [1.54, 1.807) is 0 Å². The summed E-state index contributed by atoms with van der Waals surface area (Å²) in [5, 5.41) is 0. The van der Waals surface area contributed by atoms with E-state index in [1.807, 2.05) is 0 Å². The van der Waals surface area contributed by atoms with Gasteiger partial charge in [0.1, 0.15) is 11.5 Å². The number of likely N-dealkylation sites (N-methyl/N-ethyl adjacent to an activating group) is 1. The van der Waals surface area contributed by atoms with Crippen molar-refractivity contribution in [3.63, 3.8) is 0 Å². The monoisotopic (exact) mass is 291 g/mol. The lowest BCUT2D eigenvalue weighted by molar-refractivity contribution is 0.188. The molecule has 0 aromatic carbocycles. The minimum Gasteiger partial charge on any atom is -0.464 e. The molecule has 2 aliphatic rings. The molecule has 4 unspecified atom stereocenters. The molecule has 4 nitrogen and oxygen atoms in total. The van der Waals surface area contributed by atoms with Crippen molar-refractivity contribution in [2.45, 2.75) is 31.7 Å². The molecule has 0 bridgehead atoms. The summed E-state index contributed by atoms with van der Waals surface area (Å²) < 4.78 is 6.11. The Morgan fingerprint density at radius 2 is 2.24 bits per heavy atom. The summed E-state index contributed by atoms with van der Waals surface area (Å²) in [5.41, 5.74) is 6.02. The first-order valence-corrected chi connectivity index (χ1v) is 8.27. The van der Waals surface area contributed by atoms with Crippen molar-refractivity contribution in [3.8, 4) is 0 Å². The van der Waals surface area contributed by atoms with Crippen molar-refractivity contribution in [2.24, 2.45) is 17.6 Å². The zero-order chi connectivity index (χ0) is 15.0. The first-order chi connectivity index (χ1) is 10.1. The number of nitrogens with zero attached hydrogens (tertiary/aromatic N) is 2. The minimum atomic E-state index is 0.207. The lowest BCUT2D eigenvalue weighted by Crippen LogP contribution is -2.34. The van der Waals surface area contributed by atoms with Crippen molar-refractivity contribution in [2.75, 3.05) is 40.3 Å². The van der Waals surface area contributed by atoms with Gasteiger partial charge in [-0.2, -0.15) is 0 Å². The molecule has 1 saturated heterocycles. The third kappa shape index (κ3) is 3.33. The molecule has 0 spiro atoms. The van der Waals surface area contributed by atoms with Gasteiger partial charge in [-0.1, -0.05) is 6.92 Å². The molecule has 2 fully saturated rings. The largest absolute Gasteiger partial charge is 0.464 e. The summed E-state index contributed by atoms with van der Waals surface area (Å²) in [6.45, 7) is 6.42. The zero-order valence-electron chi connectivity index (χ0n) is 13.6. The standard InChI is InChI=1S/C17H29N3O/c1-12-8-14(12)16-4-5-17(21-16)15(9-18)20(3)11-13-6-7-19(2)10-13/h4-5,12-15H,6-11,18H2,1-3H3. The molecule has 3 rings (SSSR count). The number of furan rings is 1. The highest BCUT2D eigenvalue weighted by molar-refractivity contribution is 5.19. The van der Waals surface area contributed by atoms with Gasteiger partial charge in [-0.15, -0.1) is 0 Å². The van der Waals surface area contributed by atoms with E-state index in [4.69, 9.17) is 10.2 Å². The molecule has 1 aromatic rings. The Morgan fingerprint density at radius 1 is 1.48 bits per heavy atom. The molecule has 0 amide bonds. The Bertz CT molecular complexity index is 472. The fourth-order valence-corrected chi connectivity index (χ4v) is 3.69. The lowest BCUT2D eigenvalue weighted by atomic mass is 10.1. The van der Waals surface area contributed by atoms with E-state index < -0.39 is 0 Å². The number of likely N-dealkylation sites (tertiary alicyclic amines) is 1. The maximum Gasteiger partial charge on any atom is 0.122 e. The van der Waals surface area contributed by atoms with Crippen LogP contribution in [0.1, 0.15) is 43.2 Å². The Kier molecular flexibility index (Phi) is 4.38. The van der Waals surface area contributed by atoms with Gasteiger partial charge in [0, 0.05) is 25.6 Å². The third-order valence-corrected chi connectivity index (χ3v) is 5.24. The smallest absolute Gasteiger partial charge is 0.122 e. The molecular formula is C17H29N3O. The third-order valence-electron chi connectivity index (χ3n) is 5.24. The predicted molar refractivity (Wildman–Crippen MR) is 85.3 cm³/mol. The maximum atomic E-state index is 6.11. The van der Waals surface area contributed by atoms with Crippen LogP contribution < -0.4 is 5.73 Å². The van der Waals surface area contributed by atoms with Crippen LogP contribution in [0.5, 0.6) is 0 Å². The summed E-state index contributed by atoms with van der Waals surface area (Å²) in [6, 6.07) is 4.50. The zero-order valence-corrected chi connectivity index (χ0v) is 13.6. The Hall–Kier alpha value is -0.840. The second-order valence-electron chi connectivity index (χ2n) is 7.17. The summed E-state index contributed by atoms with van der Waals surface area (Å²) in [4.78, 5) is 4.79. The SMILES string of the molecule is CC1CC1c1ccc(C(CN)N(C)CC2CCN(C)C2)o1. The van der Waals surface area contributed by atoms with E-state index in [0.717, 1.165) is 29.9 Å². The molecule has 2 N–H and O–H groups in total. The maximum absolute atomic E-state index is 6.11. The molecule has 4 atom stereocenters. The van der Waals surface area contributed by atoms with Gasteiger partial charge in [0.05, 0.1) is 6.04 Å². The molecule has 2 heterocycles. The summed E-state index contributed by atoms with van der Waals surface area (Å²) in [6.07, 6.45) is 2.56. The van der Waals surface area contributed by atoms with E-state index in [9.17, 15) is 0 Å². The number of hydrogen-bond donors (Lipinski definition) is 1. The van der Waals surface area contributed by atoms with Gasteiger partial charge in [0.15, 0.2) is 0 Å². The first-order valence-electron chi connectivity index (χ1n) is 8.27. The summed E-state index contributed by atoms with van der Waals surface area (Å²) in [7, 11) is 4.38. The molecular weight excluding hydrogens is 262 g/mol. The van der Waals surface area contributed by atoms with Gasteiger partial charge in [-0.05, 0) is 57.5 Å². The normalized spacial score (nSPS) is 31.0. The highest BCUT2D eigenvalue weighted by Gasteiger charge is 2.37. The molecule has 21 heavy (non-hydrogen) atoms. The quantitative estimate of drug-likeness (QED) is 0.873. The minimum absolute atomic E-state index is 0.207. The molecule has 1 saturated carbocycles. The van der Waals surface area contributed by atoms with Crippen LogP contribution in [0, 0.1) is 11.8 Å². The Labute approximate surface area is 128 Å². The van der Waals surface area contributed by atoms with Crippen molar-refractivity contribution < 1.29 is 4.42 Å². The van der Waals surface area contributed by atoms with Gasteiger partial charge in [0.25, 0.3) is 0 Å². The lowest BCUT2D eigenvalue weighted by Gasteiger charge is -2.27. The van der Waals surface area contributed by atoms with Crippen LogP contribution in [0.25, 0.3) is 0 Å². The van der Waals surface area contributed by atoms with E-state index in [2.05, 4.69) is 43.0 Å². The highest BCUT2D eigenvalue weighted by Crippen LogP contribution is 2.47. The molecule has 1 aliphatic heterocycles. The van der Waals surface area contributed by atoms with E-state index in [0.29, 0.717) is 12.5 Å². The van der Waals surface area contributed by atoms with Crippen molar-refractivity contribution in [1.82, 2.24) is 9.80 Å². The van der Waals surface area contributed by atoms with Crippen LogP contribution in [0.3, 0.4) is 0 Å². The van der Waals surface area contributed by atoms with Crippen molar-refractivity contribution in [3.05, 3.63) is 23.7 Å². The average molecular weight is 291 g/mol. The van der Waals surface area contributed by atoms with Crippen LogP contribution in [-0.2, 0) is 0 Å². The average Bonchev–Trinajstić information content (AvgIpc) is 2.85. The molecule has 4 heteroatoms. The Morgan fingerprint density at radius 3 is 2.81 bits per heavy atom. The molecule has 1 aromatic heterocycles. The predicted octanol–water partition coefficient (Wildman–Crippen LogP) is 2.29. The first kappa shape index (κ1) is 15.1. The van der Waals surface area contributed by atoms with Crippen LogP contribution >= 0.6 is 0 Å². The van der Waals surface area contributed by atoms with Crippen LogP contribution in [0.15, 0.2) is 16.5 Å². The number of rotatable bonds is 6. The van der Waals surface area contributed by atoms with Gasteiger partial charge >= 0.3 is 0 Å². The highest BCUT2D eigenvalue weighted by atomic mass is 16.3. The number of hydrogen-bond acceptors (Lipinski definition) is 4. The molecule has 1 aliphatic carbocycles. The second-order valence-corrected chi connectivity index (χ2v) is 7.17. The topological polar surface area (TPSA) is 45.6 Å². The fraction of sp³-hybridized carbons (Fsp3) is 0.765. The van der Waals surface area contributed by atoms with Crippen LogP contribution in [0.2, 0.25) is 0 Å². The number of nitrogens with two attached hydrogens (primary N) is 1. The van der Waals surface area contributed by atoms with Gasteiger partial charge in [0.2, 0.25) is 0 Å². The Balaban J connectivity index is 1.62. The van der Waals surface area contributed by atoms with Crippen molar-refractivity contribution >= 4 is 0 Å². The van der Waals surface area contributed by atoms with E-state index in [-0.39, 0.29) is 6.04 Å². The molecule has 118 valence electrons. The van der Waals surface area contributed by atoms with Crippen LogP contribution in [0.4, 0.5) is 0 Å².